The van der Waals surface area contributed by atoms with Crippen LogP contribution < -0.4 is 0 Å². The molecule has 0 unspecified atom stereocenters. The normalized spacial score (nSPS) is 18.9. The molecule has 6 nitrogen and oxygen atoms in total. The van der Waals surface area contributed by atoms with Crippen LogP contribution in [0.5, 0.6) is 0 Å². The van der Waals surface area contributed by atoms with Gasteiger partial charge in [-0.25, -0.2) is 13.2 Å². The van der Waals surface area contributed by atoms with Crippen LogP contribution in [0.1, 0.15) is 17.2 Å². The fraction of sp³-hybridized carbons (Fsp3) is 0.278. The number of cyclic esters (lactones) is 1. The summed E-state index contributed by atoms with van der Waals surface area (Å²) in [4.78, 5) is 13.7. The first-order valence-corrected chi connectivity index (χ1v) is 9.71. The van der Waals surface area contributed by atoms with Crippen LogP contribution in [0.4, 0.5) is 4.79 Å². The van der Waals surface area contributed by atoms with Crippen molar-refractivity contribution < 1.29 is 23.1 Å². The number of rotatable bonds is 5. The average Bonchev–Trinajstić information content (AvgIpc) is 2.95. The van der Waals surface area contributed by atoms with Gasteiger partial charge in [0.15, 0.2) is 9.84 Å². The summed E-state index contributed by atoms with van der Waals surface area (Å²) in [5.74, 6) is 0. The van der Waals surface area contributed by atoms with E-state index in [1.165, 1.54) is 17.0 Å². The van der Waals surface area contributed by atoms with Crippen LogP contribution >= 0.6 is 0 Å². The number of aliphatic hydroxyl groups is 1. The minimum Gasteiger partial charge on any atom is -0.447 e. The highest BCUT2D eigenvalue weighted by Gasteiger charge is 2.38. The Morgan fingerprint density at radius 3 is 2.40 bits per heavy atom. The molecule has 0 aliphatic carbocycles. The van der Waals surface area contributed by atoms with Gasteiger partial charge < -0.3 is 9.84 Å². The highest BCUT2D eigenvalue weighted by atomic mass is 32.2. The molecule has 25 heavy (non-hydrogen) atoms. The number of ether oxygens (including phenoxy) is 1. The zero-order valence-electron chi connectivity index (χ0n) is 13.7. The molecule has 0 bridgehead atoms. The molecule has 1 saturated heterocycles. The summed E-state index contributed by atoms with van der Waals surface area (Å²) >= 11 is 0. The molecule has 2 atom stereocenters. The van der Waals surface area contributed by atoms with Gasteiger partial charge in [-0.3, -0.25) is 4.90 Å². The van der Waals surface area contributed by atoms with Crippen molar-refractivity contribution in [3.05, 3.63) is 65.7 Å². The third-order valence-electron chi connectivity index (χ3n) is 4.22. The number of carbonyl (C=O) groups excluding carboxylic acids is 1. The lowest BCUT2D eigenvalue weighted by Crippen LogP contribution is -2.37. The maximum Gasteiger partial charge on any atom is 0.410 e. The molecule has 1 aliphatic heterocycles. The number of hydrogen-bond donors (Lipinski definition) is 1. The van der Waals surface area contributed by atoms with E-state index in [4.69, 9.17) is 4.74 Å². The lowest BCUT2D eigenvalue weighted by atomic mass is 10.0. The number of nitrogens with zero attached hydrogens (tertiary/aromatic N) is 1. The van der Waals surface area contributed by atoms with Crippen molar-refractivity contribution in [1.82, 2.24) is 4.90 Å². The van der Waals surface area contributed by atoms with Crippen molar-refractivity contribution in [1.29, 1.82) is 0 Å². The molecule has 132 valence electrons. The minimum absolute atomic E-state index is 0.0840. The van der Waals surface area contributed by atoms with Gasteiger partial charge in [0.05, 0.1) is 10.9 Å². The molecular formula is C18H19NO5S. The van der Waals surface area contributed by atoms with Gasteiger partial charge in [-0.15, -0.1) is 0 Å². The van der Waals surface area contributed by atoms with Crippen LogP contribution in [0.15, 0.2) is 59.5 Å². The van der Waals surface area contributed by atoms with E-state index >= 15 is 0 Å². The smallest absolute Gasteiger partial charge is 0.410 e. The number of sulfone groups is 1. The Bertz CT molecular complexity index is 849. The van der Waals surface area contributed by atoms with E-state index < -0.39 is 28.1 Å². The molecule has 1 aliphatic rings. The Balaban J connectivity index is 1.80. The fourth-order valence-corrected chi connectivity index (χ4v) is 3.45. The molecule has 1 fully saturated rings. The molecule has 0 aromatic heterocycles. The Labute approximate surface area is 146 Å². The second-order valence-electron chi connectivity index (χ2n) is 6.04. The lowest BCUT2D eigenvalue weighted by Gasteiger charge is -2.26. The van der Waals surface area contributed by atoms with Crippen molar-refractivity contribution >= 4 is 15.9 Å². The van der Waals surface area contributed by atoms with E-state index in [0.717, 1.165) is 11.8 Å². The van der Waals surface area contributed by atoms with Crippen LogP contribution in [-0.2, 0) is 21.1 Å². The highest BCUT2D eigenvalue weighted by molar-refractivity contribution is 7.90. The number of benzene rings is 2. The quantitative estimate of drug-likeness (QED) is 0.882. The Hall–Kier alpha value is -2.38. The first-order chi connectivity index (χ1) is 11.9. The van der Waals surface area contributed by atoms with E-state index in [1.807, 2.05) is 30.3 Å². The second kappa shape index (κ2) is 6.85. The monoisotopic (exact) mass is 361 g/mol. The van der Waals surface area contributed by atoms with Crippen molar-refractivity contribution in [3.8, 4) is 0 Å². The maximum absolute atomic E-state index is 12.0. The number of carbonyl (C=O) groups is 1. The summed E-state index contributed by atoms with van der Waals surface area (Å²) in [6.07, 6.45) is -0.312. The molecule has 1 heterocycles. The number of amides is 1. The molecular weight excluding hydrogens is 342 g/mol. The Kier molecular flexibility index (Phi) is 4.78. The van der Waals surface area contributed by atoms with Gasteiger partial charge in [0.1, 0.15) is 12.7 Å². The third-order valence-corrected chi connectivity index (χ3v) is 5.35. The van der Waals surface area contributed by atoms with Crippen molar-refractivity contribution in [2.75, 3.05) is 12.9 Å². The predicted octanol–water partition coefficient (Wildman–Crippen LogP) is 2.14. The zero-order valence-corrected chi connectivity index (χ0v) is 14.5. The summed E-state index contributed by atoms with van der Waals surface area (Å²) in [6.45, 7) is 0.420. The Morgan fingerprint density at radius 1 is 1.16 bits per heavy atom. The highest BCUT2D eigenvalue weighted by Crippen LogP contribution is 2.28. The molecule has 1 amide bonds. The van der Waals surface area contributed by atoms with Gasteiger partial charge in [0, 0.05) is 12.8 Å². The summed E-state index contributed by atoms with van der Waals surface area (Å²) in [7, 11) is -3.30. The van der Waals surface area contributed by atoms with Crippen LogP contribution in [0.3, 0.4) is 0 Å². The van der Waals surface area contributed by atoms with E-state index in [9.17, 15) is 18.3 Å². The van der Waals surface area contributed by atoms with Gasteiger partial charge in [0.2, 0.25) is 0 Å². The molecule has 1 N–H and O–H groups in total. The van der Waals surface area contributed by atoms with E-state index in [1.54, 1.807) is 12.1 Å². The number of hydrogen-bond acceptors (Lipinski definition) is 5. The van der Waals surface area contributed by atoms with Gasteiger partial charge in [-0.1, -0.05) is 42.5 Å². The largest absolute Gasteiger partial charge is 0.447 e. The van der Waals surface area contributed by atoms with Gasteiger partial charge in [-0.2, -0.15) is 0 Å². The molecule has 7 heteroatoms. The molecule has 2 aromatic rings. The van der Waals surface area contributed by atoms with Crippen molar-refractivity contribution in [2.45, 2.75) is 23.6 Å². The van der Waals surface area contributed by atoms with Crippen LogP contribution in [0, 0.1) is 0 Å². The first-order valence-electron chi connectivity index (χ1n) is 7.81. The number of aliphatic hydroxyl groups excluding tert-OH is 1. The summed E-state index contributed by atoms with van der Waals surface area (Å²) < 4.78 is 28.2. The lowest BCUT2D eigenvalue weighted by molar-refractivity contribution is 0.0833. The van der Waals surface area contributed by atoms with Crippen LogP contribution in [0.25, 0.3) is 0 Å². The van der Waals surface area contributed by atoms with Gasteiger partial charge in [-0.05, 0) is 23.3 Å². The maximum atomic E-state index is 12.0. The third kappa shape index (κ3) is 3.83. The molecule has 2 aromatic carbocycles. The van der Waals surface area contributed by atoms with Crippen LogP contribution in [-0.4, -0.2) is 43.4 Å². The van der Waals surface area contributed by atoms with Crippen molar-refractivity contribution in [3.63, 3.8) is 0 Å². The summed E-state index contributed by atoms with van der Waals surface area (Å²) in [5, 5.41) is 10.7. The zero-order chi connectivity index (χ0) is 18.0. The summed E-state index contributed by atoms with van der Waals surface area (Å²) in [5.41, 5.74) is 1.47. The standard InChI is InChI=1S/C18H19NO5S/c1-25(22,23)15-9-7-14(8-10-15)17(20)16-12-24-18(21)19(16)11-13-5-3-2-4-6-13/h2-10,16-17,20H,11-12H2,1H3/t16-,17+/m1/s1. The second-order valence-corrected chi connectivity index (χ2v) is 8.06. The molecule has 3 rings (SSSR count). The first kappa shape index (κ1) is 17.4. The fourth-order valence-electron chi connectivity index (χ4n) is 2.82. The average molecular weight is 361 g/mol. The minimum atomic E-state index is -3.30. The summed E-state index contributed by atoms with van der Waals surface area (Å²) in [6, 6.07) is 14.9. The topological polar surface area (TPSA) is 83.9 Å². The molecule has 0 saturated carbocycles. The van der Waals surface area contributed by atoms with E-state index in [0.29, 0.717) is 12.1 Å². The molecule has 0 radical (unpaired) electrons. The van der Waals surface area contributed by atoms with Gasteiger partial charge in [0.25, 0.3) is 0 Å². The molecule has 0 spiro atoms. The predicted molar refractivity (Wildman–Crippen MR) is 91.6 cm³/mol. The van der Waals surface area contributed by atoms with Crippen LogP contribution in [0.2, 0.25) is 0 Å². The van der Waals surface area contributed by atoms with E-state index in [2.05, 4.69) is 0 Å². The van der Waals surface area contributed by atoms with Gasteiger partial charge >= 0.3 is 6.09 Å². The SMILES string of the molecule is CS(=O)(=O)c1ccc([C@H](O)[C@H]2COC(=O)N2Cc2ccccc2)cc1. The van der Waals surface area contributed by atoms with E-state index in [-0.39, 0.29) is 11.5 Å². The Morgan fingerprint density at radius 2 is 1.80 bits per heavy atom. The van der Waals surface area contributed by atoms with Crippen molar-refractivity contribution in [2.24, 2.45) is 0 Å².